The molecule has 5 heteroatoms. The van der Waals surface area contributed by atoms with Gasteiger partial charge in [0.25, 0.3) is 0 Å². The van der Waals surface area contributed by atoms with Crippen LogP contribution in [0.5, 0.6) is 0 Å². The maximum atomic E-state index is 10.1. The summed E-state index contributed by atoms with van der Waals surface area (Å²) in [5.74, 6) is -0.726. The minimum atomic E-state index is -0.998. The predicted molar refractivity (Wildman–Crippen MR) is 95.4 cm³/mol. The van der Waals surface area contributed by atoms with E-state index in [4.69, 9.17) is 18.9 Å². The lowest BCUT2D eigenvalue weighted by Gasteiger charge is -2.25. The highest BCUT2D eigenvalue weighted by molar-refractivity contribution is 5.29. The first-order chi connectivity index (χ1) is 12.5. The van der Waals surface area contributed by atoms with E-state index in [1.165, 1.54) is 0 Å². The summed E-state index contributed by atoms with van der Waals surface area (Å²) in [6, 6.07) is 20.1. The van der Waals surface area contributed by atoms with E-state index in [1.54, 1.807) is 0 Å². The molecule has 0 saturated carbocycles. The van der Waals surface area contributed by atoms with Crippen LogP contribution in [0.15, 0.2) is 60.7 Å². The summed E-state index contributed by atoms with van der Waals surface area (Å²) >= 11 is 0. The van der Waals surface area contributed by atoms with Crippen LogP contribution in [0.3, 0.4) is 0 Å². The number of aliphatic hydroxyl groups excluding tert-OH is 1. The van der Waals surface area contributed by atoms with Gasteiger partial charge in [0.2, 0.25) is 0 Å². The first-order valence-corrected chi connectivity index (χ1v) is 8.94. The van der Waals surface area contributed by atoms with Crippen molar-refractivity contribution in [2.45, 2.75) is 50.3 Å². The van der Waals surface area contributed by atoms with Gasteiger partial charge < -0.3 is 24.1 Å². The lowest BCUT2D eigenvalue weighted by atomic mass is 10.0. The van der Waals surface area contributed by atoms with E-state index in [0.29, 0.717) is 6.61 Å². The van der Waals surface area contributed by atoms with Crippen LogP contribution in [0.25, 0.3) is 0 Å². The SMILES string of the molecule is CC1(C)O[C@@H]2[C@@H](COC(c3ccccc3)c3ccccc3)OC(O)[C@@H]2O1. The number of hydrogen-bond donors (Lipinski definition) is 1. The Labute approximate surface area is 153 Å². The zero-order valence-electron chi connectivity index (χ0n) is 14.9. The van der Waals surface area contributed by atoms with Crippen molar-refractivity contribution in [2.75, 3.05) is 6.61 Å². The molecule has 1 N–H and O–H groups in total. The monoisotopic (exact) mass is 356 g/mol. The molecule has 138 valence electrons. The minimum absolute atomic E-state index is 0.215. The van der Waals surface area contributed by atoms with E-state index in [0.717, 1.165) is 11.1 Å². The summed E-state index contributed by atoms with van der Waals surface area (Å²) in [6.45, 7) is 3.98. The third-order valence-corrected chi connectivity index (χ3v) is 4.76. The standard InChI is InChI=1S/C21H24O5/c1-21(2)25-18-16(24-20(22)19(18)26-21)13-23-17(14-9-5-3-6-10-14)15-11-7-4-8-12-15/h3-12,16-20,22H,13H2,1-2H3/t16-,18-,19-,20?/m1/s1. The van der Waals surface area contributed by atoms with Gasteiger partial charge in [0.05, 0.1) is 6.61 Å². The van der Waals surface area contributed by atoms with Gasteiger partial charge in [0.15, 0.2) is 12.1 Å². The summed E-state index contributed by atoms with van der Waals surface area (Å²) in [5.41, 5.74) is 2.13. The largest absolute Gasteiger partial charge is 0.366 e. The van der Waals surface area contributed by atoms with Gasteiger partial charge in [0.1, 0.15) is 24.4 Å². The van der Waals surface area contributed by atoms with Crippen molar-refractivity contribution in [1.82, 2.24) is 0 Å². The molecule has 2 saturated heterocycles. The molecule has 1 unspecified atom stereocenters. The molecule has 0 spiro atoms. The van der Waals surface area contributed by atoms with Gasteiger partial charge in [-0.3, -0.25) is 0 Å². The molecule has 0 aromatic heterocycles. The van der Waals surface area contributed by atoms with E-state index in [-0.39, 0.29) is 18.3 Å². The third-order valence-electron chi connectivity index (χ3n) is 4.76. The third kappa shape index (κ3) is 3.54. The Morgan fingerprint density at radius 3 is 2.04 bits per heavy atom. The molecule has 2 aromatic carbocycles. The Morgan fingerprint density at radius 1 is 0.923 bits per heavy atom. The fourth-order valence-corrected chi connectivity index (χ4v) is 3.62. The minimum Gasteiger partial charge on any atom is -0.366 e. The second kappa shape index (κ2) is 7.10. The van der Waals surface area contributed by atoms with Crippen LogP contribution in [-0.2, 0) is 18.9 Å². The number of fused-ring (bicyclic) bond motifs is 1. The summed E-state index contributed by atoms with van der Waals surface area (Å²) in [6.07, 6.45) is -2.42. The topological polar surface area (TPSA) is 57.2 Å². The van der Waals surface area contributed by atoms with Gasteiger partial charge in [-0.1, -0.05) is 60.7 Å². The average Bonchev–Trinajstić information content (AvgIpc) is 3.11. The zero-order valence-corrected chi connectivity index (χ0v) is 14.9. The van der Waals surface area contributed by atoms with Gasteiger partial charge in [-0.25, -0.2) is 0 Å². The molecular formula is C21H24O5. The summed E-state index contributed by atoms with van der Waals surface area (Å²) < 4.78 is 23.5. The van der Waals surface area contributed by atoms with Crippen molar-refractivity contribution in [3.63, 3.8) is 0 Å². The second-order valence-corrected chi connectivity index (χ2v) is 7.16. The number of aliphatic hydroxyl groups is 1. The molecule has 4 atom stereocenters. The molecule has 2 aliphatic heterocycles. The molecule has 2 aliphatic rings. The maximum Gasteiger partial charge on any atom is 0.184 e. The normalized spacial score (nSPS) is 29.8. The fraction of sp³-hybridized carbons (Fsp3) is 0.429. The van der Waals surface area contributed by atoms with Gasteiger partial charge in [-0.2, -0.15) is 0 Å². The van der Waals surface area contributed by atoms with Gasteiger partial charge in [-0.05, 0) is 25.0 Å². The Morgan fingerprint density at radius 2 is 1.46 bits per heavy atom. The molecule has 0 aliphatic carbocycles. The lowest BCUT2D eigenvalue weighted by molar-refractivity contribution is -0.226. The van der Waals surface area contributed by atoms with E-state index < -0.39 is 18.2 Å². The molecular weight excluding hydrogens is 332 g/mol. The van der Waals surface area contributed by atoms with Crippen LogP contribution < -0.4 is 0 Å². The van der Waals surface area contributed by atoms with Crippen LogP contribution in [0.4, 0.5) is 0 Å². The summed E-state index contributed by atoms with van der Waals surface area (Å²) in [5, 5.41) is 10.1. The van der Waals surface area contributed by atoms with Crippen LogP contribution in [0, 0.1) is 0 Å². The molecule has 0 amide bonds. The summed E-state index contributed by atoms with van der Waals surface area (Å²) in [4.78, 5) is 0. The fourth-order valence-electron chi connectivity index (χ4n) is 3.62. The van der Waals surface area contributed by atoms with Crippen LogP contribution in [0.2, 0.25) is 0 Å². The molecule has 2 heterocycles. The Bertz CT molecular complexity index is 678. The van der Waals surface area contributed by atoms with E-state index >= 15 is 0 Å². The van der Waals surface area contributed by atoms with Crippen LogP contribution in [0.1, 0.15) is 31.1 Å². The molecule has 4 rings (SSSR count). The average molecular weight is 356 g/mol. The molecule has 26 heavy (non-hydrogen) atoms. The second-order valence-electron chi connectivity index (χ2n) is 7.16. The lowest BCUT2D eigenvalue weighted by Crippen LogP contribution is -2.33. The van der Waals surface area contributed by atoms with Crippen LogP contribution >= 0.6 is 0 Å². The molecule has 2 aromatic rings. The molecule has 0 radical (unpaired) electrons. The Kier molecular flexibility index (Phi) is 4.82. The van der Waals surface area contributed by atoms with Crippen molar-refractivity contribution in [1.29, 1.82) is 0 Å². The predicted octanol–water partition coefficient (Wildman–Crippen LogP) is 3.03. The van der Waals surface area contributed by atoms with Crippen molar-refractivity contribution < 1.29 is 24.1 Å². The first-order valence-electron chi connectivity index (χ1n) is 8.94. The number of benzene rings is 2. The molecule has 5 nitrogen and oxygen atoms in total. The van der Waals surface area contributed by atoms with Gasteiger partial charge in [-0.15, -0.1) is 0 Å². The first kappa shape index (κ1) is 17.6. The Hall–Kier alpha value is -1.76. The highest BCUT2D eigenvalue weighted by Gasteiger charge is 2.55. The molecule has 0 bridgehead atoms. The van der Waals surface area contributed by atoms with Crippen molar-refractivity contribution in [3.8, 4) is 0 Å². The van der Waals surface area contributed by atoms with Crippen molar-refractivity contribution >= 4 is 0 Å². The van der Waals surface area contributed by atoms with Crippen molar-refractivity contribution in [3.05, 3.63) is 71.8 Å². The zero-order chi connectivity index (χ0) is 18.1. The number of rotatable bonds is 5. The van der Waals surface area contributed by atoms with Crippen LogP contribution in [-0.4, -0.2) is 42.1 Å². The van der Waals surface area contributed by atoms with Gasteiger partial charge >= 0.3 is 0 Å². The highest BCUT2D eigenvalue weighted by Crippen LogP contribution is 2.38. The van der Waals surface area contributed by atoms with E-state index in [1.807, 2.05) is 74.5 Å². The maximum absolute atomic E-state index is 10.1. The number of hydrogen-bond acceptors (Lipinski definition) is 5. The van der Waals surface area contributed by atoms with E-state index in [2.05, 4.69) is 0 Å². The smallest absolute Gasteiger partial charge is 0.184 e. The van der Waals surface area contributed by atoms with Crippen molar-refractivity contribution in [2.24, 2.45) is 0 Å². The van der Waals surface area contributed by atoms with Gasteiger partial charge in [0, 0.05) is 0 Å². The Balaban J connectivity index is 1.51. The van der Waals surface area contributed by atoms with E-state index in [9.17, 15) is 5.11 Å². The quantitative estimate of drug-likeness (QED) is 0.892. The molecule has 2 fully saturated rings. The summed E-state index contributed by atoms with van der Waals surface area (Å²) in [7, 11) is 0. The number of ether oxygens (including phenoxy) is 4. The highest BCUT2D eigenvalue weighted by atomic mass is 16.8.